The van der Waals surface area contributed by atoms with Gasteiger partial charge in [-0.05, 0) is 26.2 Å². The molecule has 2 fully saturated rings. The second kappa shape index (κ2) is 6.08. The fraction of sp³-hybridized carbons (Fsp3) is 0.857. The molecule has 1 unspecified atom stereocenters. The first-order valence-corrected chi connectivity index (χ1v) is 7.33. The maximum Gasteiger partial charge on any atom is 0.337 e. The third kappa shape index (κ3) is 3.38. The molecule has 0 aromatic carbocycles. The van der Waals surface area contributed by atoms with Crippen LogP contribution in [0, 0.1) is 5.92 Å². The molecule has 2 rings (SSSR count). The summed E-state index contributed by atoms with van der Waals surface area (Å²) < 4.78 is 41.9. The summed E-state index contributed by atoms with van der Waals surface area (Å²) in [5, 5.41) is 2.52. The first kappa shape index (κ1) is 17.1. The Labute approximate surface area is 127 Å². The Hall–Kier alpha value is -1.28. The number of carbonyl (C=O) groups excluding carboxylic acids is 2. The number of halogens is 2. The molecule has 1 saturated carbocycles. The number of nitrogens with one attached hydrogen (secondary N) is 1. The Morgan fingerprint density at radius 3 is 2.36 bits per heavy atom. The van der Waals surface area contributed by atoms with Crippen LogP contribution in [-0.4, -0.2) is 42.5 Å². The lowest BCUT2D eigenvalue weighted by atomic mass is 9.72. The zero-order valence-electron chi connectivity index (χ0n) is 12.9. The number of rotatable bonds is 6. The van der Waals surface area contributed by atoms with Gasteiger partial charge in [0, 0.05) is 19.8 Å². The van der Waals surface area contributed by atoms with Gasteiger partial charge in [0.1, 0.15) is 0 Å². The Morgan fingerprint density at radius 1 is 1.36 bits per heavy atom. The number of alkyl halides is 2. The second-order valence-corrected chi connectivity index (χ2v) is 5.88. The fourth-order valence-corrected chi connectivity index (χ4v) is 2.99. The molecule has 1 N–H and O–H groups in total. The van der Waals surface area contributed by atoms with E-state index in [2.05, 4.69) is 5.32 Å². The minimum absolute atomic E-state index is 0.00160. The van der Waals surface area contributed by atoms with E-state index >= 15 is 0 Å². The maximum atomic E-state index is 13.1. The average Bonchev–Trinajstić information content (AvgIpc) is 2.31. The summed E-state index contributed by atoms with van der Waals surface area (Å²) in [6, 6.07) is 0. The molecule has 0 radical (unpaired) electrons. The highest BCUT2D eigenvalue weighted by atomic mass is 19.3. The molecule has 1 heterocycles. The molecule has 1 aliphatic carbocycles. The summed E-state index contributed by atoms with van der Waals surface area (Å²) >= 11 is 0. The predicted molar refractivity (Wildman–Crippen MR) is 70.9 cm³/mol. The molecule has 1 atom stereocenters. The molecular weight excluding hydrogens is 300 g/mol. The minimum Gasteiger partial charge on any atom is -0.464 e. The summed E-state index contributed by atoms with van der Waals surface area (Å²) in [7, 11) is 0. The molecule has 126 valence electrons. The van der Waals surface area contributed by atoms with E-state index in [1.165, 1.54) is 6.92 Å². The third-order valence-corrected chi connectivity index (χ3v) is 3.86. The highest BCUT2D eigenvalue weighted by Gasteiger charge is 2.58. The molecule has 0 spiro atoms. The van der Waals surface area contributed by atoms with Crippen LogP contribution in [0.15, 0.2) is 0 Å². The van der Waals surface area contributed by atoms with E-state index in [0.29, 0.717) is 0 Å². The first-order valence-electron chi connectivity index (χ1n) is 7.33. The van der Waals surface area contributed by atoms with Gasteiger partial charge < -0.3 is 19.5 Å². The molecular formula is C14H21F2NO5. The fourth-order valence-electron chi connectivity index (χ4n) is 2.99. The van der Waals surface area contributed by atoms with Crippen LogP contribution in [0.2, 0.25) is 0 Å². The van der Waals surface area contributed by atoms with Crippen LogP contribution in [0.4, 0.5) is 8.78 Å². The summed E-state index contributed by atoms with van der Waals surface area (Å²) in [5.41, 5.74) is -1.59. The van der Waals surface area contributed by atoms with Crippen molar-refractivity contribution in [1.29, 1.82) is 0 Å². The lowest BCUT2D eigenvalue weighted by Crippen LogP contribution is -2.69. The van der Waals surface area contributed by atoms with Crippen molar-refractivity contribution in [1.82, 2.24) is 5.32 Å². The van der Waals surface area contributed by atoms with Gasteiger partial charge in [-0.25, -0.2) is 13.6 Å². The van der Waals surface area contributed by atoms with Crippen molar-refractivity contribution in [2.24, 2.45) is 5.92 Å². The topological polar surface area (TPSA) is 73.9 Å². The summed E-state index contributed by atoms with van der Waals surface area (Å²) in [4.78, 5) is 23.9. The molecule has 1 aliphatic heterocycles. The molecule has 1 amide bonds. The number of esters is 1. The van der Waals surface area contributed by atoms with Crippen LogP contribution in [0.3, 0.4) is 0 Å². The van der Waals surface area contributed by atoms with E-state index in [-0.39, 0.29) is 25.9 Å². The van der Waals surface area contributed by atoms with Crippen molar-refractivity contribution in [2.45, 2.75) is 64.1 Å². The highest BCUT2D eigenvalue weighted by molar-refractivity contribution is 5.88. The summed E-state index contributed by atoms with van der Waals surface area (Å²) in [6.07, 6.45) is -2.19. The van der Waals surface area contributed by atoms with E-state index in [1.54, 1.807) is 13.8 Å². The number of ether oxygens (including phenoxy) is 3. The Kier molecular flexibility index (Phi) is 4.72. The third-order valence-electron chi connectivity index (χ3n) is 3.86. The van der Waals surface area contributed by atoms with Gasteiger partial charge in [0.05, 0.1) is 6.61 Å². The van der Waals surface area contributed by atoms with Gasteiger partial charge in [0.2, 0.25) is 11.8 Å². The van der Waals surface area contributed by atoms with Gasteiger partial charge in [-0.3, -0.25) is 4.79 Å². The van der Waals surface area contributed by atoms with Gasteiger partial charge in [-0.1, -0.05) is 0 Å². The minimum atomic E-state index is -2.71. The van der Waals surface area contributed by atoms with Crippen molar-refractivity contribution in [3.05, 3.63) is 0 Å². The van der Waals surface area contributed by atoms with Gasteiger partial charge in [-0.15, -0.1) is 0 Å². The molecule has 0 aromatic heterocycles. The number of hydrogen-bond donors (Lipinski definition) is 1. The molecule has 22 heavy (non-hydrogen) atoms. The summed E-state index contributed by atoms with van der Waals surface area (Å²) in [6.45, 7) is 4.60. The van der Waals surface area contributed by atoms with Crippen LogP contribution in [0.25, 0.3) is 0 Å². The van der Waals surface area contributed by atoms with Gasteiger partial charge >= 0.3 is 5.97 Å². The normalized spacial score (nSPS) is 29.7. The Balaban J connectivity index is 2.19. The molecule has 8 heteroatoms. The van der Waals surface area contributed by atoms with Crippen molar-refractivity contribution in [3.63, 3.8) is 0 Å². The Morgan fingerprint density at radius 2 is 1.95 bits per heavy atom. The van der Waals surface area contributed by atoms with E-state index in [0.717, 1.165) is 0 Å². The zero-order chi connectivity index (χ0) is 16.5. The average molecular weight is 321 g/mol. The molecule has 0 aromatic rings. The van der Waals surface area contributed by atoms with Crippen LogP contribution in [0.1, 0.15) is 40.0 Å². The lowest BCUT2D eigenvalue weighted by molar-refractivity contribution is -0.396. The van der Waals surface area contributed by atoms with Crippen molar-refractivity contribution >= 4 is 11.9 Å². The van der Waals surface area contributed by atoms with Crippen LogP contribution in [-0.2, 0) is 23.8 Å². The van der Waals surface area contributed by atoms with Gasteiger partial charge in [-0.2, -0.15) is 0 Å². The lowest BCUT2D eigenvalue weighted by Gasteiger charge is -2.48. The van der Waals surface area contributed by atoms with Crippen molar-refractivity contribution in [3.8, 4) is 0 Å². The standard InChI is InChI=1S/C14H21F2NO5/c1-4-20-11(19)14(17-8(2)18,12-21-9(3)22-12)7-10-5-13(15,16)6-10/h9-10,12H,4-7H2,1-3H3,(H,17,18). The molecule has 1 saturated heterocycles. The highest BCUT2D eigenvalue weighted by Crippen LogP contribution is 2.47. The van der Waals surface area contributed by atoms with Crippen LogP contribution in [0.5, 0.6) is 0 Å². The van der Waals surface area contributed by atoms with Crippen molar-refractivity contribution in [2.75, 3.05) is 6.61 Å². The second-order valence-electron chi connectivity index (χ2n) is 5.88. The maximum absolute atomic E-state index is 13.1. The summed E-state index contributed by atoms with van der Waals surface area (Å²) in [5.74, 6) is -4.33. The van der Waals surface area contributed by atoms with E-state index < -0.39 is 41.8 Å². The van der Waals surface area contributed by atoms with Crippen LogP contribution < -0.4 is 5.32 Å². The smallest absolute Gasteiger partial charge is 0.337 e. The van der Waals surface area contributed by atoms with E-state index in [4.69, 9.17) is 14.2 Å². The molecule has 2 aliphatic rings. The quantitative estimate of drug-likeness (QED) is 0.752. The number of hydrogen-bond acceptors (Lipinski definition) is 5. The van der Waals surface area contributed by atoms with Gasteiger partial charge in [0.25, 0.3) is 0 Å². The largest absolute Gasteiger partial charge is 0.464 e. The van der Waals surface area contributed by atoms with E-state index in [1.807, 2.05) is 0 Å². The van der Waals surface area contributed by atoms with Crippen molar-refractivity contribution < 1.29 is 32.6 Å². The Bertz CT molecular complexity index is 445. The first-order chi connectivity index (χ1) is 10.2. The monoisotopic (exact) mass is 321 g/mol. The van der Waals surface area contributed by atoms with E-state index in [9.17, 15) is 18.4 Å². The SMILES string of the molecule is CCOC(=O)C(CC1CC(F)(F)C1)(NC(C)=O)C1OC(C)O1. The molecule has 0 bridgehead atoms. The predicted octanol–water partition coefficient (Wildman–Crippen LogP) is 1.58. The number of carbonyl (C=O) groups is 2. The van der Waals surface area contributed by atoms with Gasteiger partial charge in [0.15, 0.2) is 18.1 Å². The molecule has 6 nitrogen and oxygen atoms in total. The van der Waals surface area contributed by atoms with Crippen LogP contribution >= 0.6 is 0 Å². The number of amides is 1. The zero-order valence-corrected chi connectivity index (χ0v) is 12.9.